The number of nitrogens with one attached hydrogen (secondary N) is 1. The van der Waals surface area contributed by atoms with E-state index in [1.54, 1.807) is 0 Å². The molecule has 0 amide bonds. The molecule has 7 heteroatoms. The Hall–Kier alpha value is 0.939. The fraction of sp³-hybridized carbons (Fsp3) is 0.923. The van der Waals surface area contributed by atoms with Crippen LogP contribution in [0.5, 0.6) is 0 Å². The first-order valence-electron chi connectivity index (χ1n) is 6.95. The Morgan fingerprint density at radius 2 is 1.85 bits per heavy atom. The van der Waals surface area contributed by atoms with E-state index >= 15 is 0 Å². The van der Waals surface area contributed by atoms with Gasteiger partial charge in [0, 0.05) is 13.1 Å². The minimum atomic E-state index is 0.00694. The molecule has 0 spiro atoms. The fourth-order valence-corrected chi connectivity index (χ4v) is 1.54. The van der Waals surface area contributed by atoms with Crippen LogP contribution in [-0.4, -0.2) is 64.8 Å². The summed E-state index contributed by atoms with van der Waals surface area (Å²) < 4.78 is 0. The average Bonchev–Trinajstić information content (AvgIpc) is 2.43. The summed E-state index contributed by atoms with van der Waals surface area (Å²) in [5.74, 6) is 0. The first-order chi connectivity index (χ1) is 9.72. The third-order valence-electron chi connectivity index (χ3n) is 2.57. The van der Waals surface area contributed by atoms with E-state index in [1.807, 2.05) is 14.0 Å². The van der Waals surface area contributed by atoms with Crippen molar-refractivity contribution < 1.29 is 13.1 Å². The van der Waals surface area contributed by atoms with Crippen LogP contribution in [0.1, 0.15) is 19.8 Å². The van der Waals surface area contributed by atoms with E-state index in [0.717, 1.165) is 52.2 Å². The van der Waals surface area contributed by atoms with Gasteiger partial charge in [0.2, 0.25) is 0 Å². The van der Waals surface area contributed by atoms with Crippen molar-refractivity contribution >= 4 is 20.2 Å². The maximum absolute atomic E-state index is 4.80. The zero-order valence-electron chi connectivity index (χ0n) is 12.9. The zero-order chi connectivity index (χ0) is 15.5. The molecule has 1 N–H and O–H groups in total. The van der Waals surface area contributed by atoms with Crippen LogP contribution in [0.4, 0.5) is 0 Å². The fourth-order valence-electron chi connectivity index (χ4n) is 1.54. The summed E-state index contributed by atoms with van der Waals surface area (Å²) in [7, 11) is 13.6. The number of halogens is 2. The van der Waals surface area contributed by atoms with Gasteiger partial charge in [-0.3, -0.25) is 6.54 Å². The van der Waals surface area contributed by atoms with Crippen LogP contribution < -0.4 is 5.32 Å². The van der Waals surface area contributed by atoms with E-state index in [9.17, 15) is 0 Å². The molecule has 4 nitrogen and oxygen atoms in total. The molecule has 0 fully saturated rings. The molecule has 125 valence electrons. The topological polar surface area (TPSA) is 43.5 Å². The molecular formula is C13H29Cl2MnN4-3. The Kier molecular flexibility index (Phi) is 25.8. The Labute approximate surface area is 140 Å². The summed E-state index contributed by atoms with van der Waals surface area (Å²) >= 11 is 0.00694. The molecule has 0 aromatic carbocycles. The molecule has 0 saturated carbocycles. The van der Waals surface area contributed by atoms with Gasteiger partial charge in [-0.15, -0.1) is 13.1 Å². The van der Waals surface area contributed by atoms with Crippen LogP contribution in [0.15, 0.2) is 0 Å². The van der Waals surface area contributed by atoms with E-state index < -0.39 is 0 Å². The predicted molar refractivity (Wildman–Crippen MR) is 88.5 cm³/mol. The summed E-state index contributed by atoms with van der Waals surface area (Å²) in [5, 5.41) is 11.9. The van der Waals surface area contributed by atoms with Crippen LogP contribution in [0.3, 0.4) is 0 Å². The molecule has 20 heavy (non-hydrogen) atoms. The van der Waals surface area contributed by atoms with Gasteiger partial charge in [0.25, 0.3) is 0 Å². The van der Waals surface area contributed by atoms with Gasteiger partial charge >= 0.3 is 33.3 Å². The molecule has 0 rings (SSSR count). The van der Waals surface area contributed by atoms with Crippen molar-refractivity contribution in [2.45, 2.75) is 19.8 Å². The van der Waals surface area contributed by atoms with Crippen molar-refractivity contribution in [3.05, 3.63) is 17.1 Å². The Balaban J connectivity index is 0. The van der Waals surface area contributed by atoms with E-state index in [4.69, 9.17) is 20.2 Å². The summed E-state index contributed by atoms with van der Waals surface area (Å²) in [5.41, 5.74) is 0. The zero-order valence-corrected chi connectivity index (χ0v) is 15.6. The molecular weight excluding hydrogens is 338 g/mol. The second kappa shape index (κ2) is 22.2. The van der Waals surface area contributed by atoms with Crippen molar-refractivity contribution in [2.75, 3.05) is 59.9 Å². The standard InChI is InChI=1S/C13H29N4.2ClH.Mn/c1-4-7-15-10-6-12-17(3)13-11-16-9-5-8-14-2;;;/h4,16H,5-13H2,1-3H3;2*1H;/q-3;;;+2/p-2. The quantitative estimate of drug-likeness (QED) is 0.309. The molecule has 0 bridgehead atoms. The maximum atomic E-state index is 4.80. The van der Waals surface area contributed by atoms with Crippen LogP contribution in [-0.2, 0) is 13.1 Å². The van der Waals surface area contributed by atoms with E-state index in [2.05, 4.69) is 34.3 Å². The Bertz CT molecular complexity index is 167. The van der Waals surface area contributed by atoms with Crippen molar-refractivity contribution in [1.29, 1.82) is 0 Å². The van der Waals surface area contributed by atoms with E-state index in [1.165, 1.54) is 6.42 Å². The van der Waals surface area contributed by atoms with Gasteiger partial charge in [-0.1, -0.05) is 12.8 Å². The SMILES string of the molecule is C[CH-]C[N-]CCCN(C)CCNCCC[N-]C.[Cl][Mn][Cl]. The molecule has 0 atom stereocenters. The number of hydrogen-bond donors (Lipinski definition) is 1. The third-order valence-corrected chi connectivity index (χ3v) is 2.57. The minimum absolute atomic E-state index is 0.00694. The van der Waals surface area contributed by atoms with Crippen molar-refractivity contribution in [1.82, 2.24) is 10.2 Å². The Morgan fingerprint density at radius 1 is 1.15 bits per heavy atom. The molecule has 0 aliphatic heterocycles. The summed E-state index contributed by atoms with van der Waals surface area (Å²) in [6.45, 7) is 9.30. The van der Waals surface area contributed by atoms with Crippen molar-refractivity contribution in [2.24, 2.45) is 0 Å². The Morgan fingerprint density at radius 3 is 2.45 bits per heavy atom. The molecule has 0 radical (unpaired) electrons. The van der Waals surface area contributed by atoms with Gasteiger partial charge < -0.3 is 27.3 Å². The van der Waals surface area contributed by atoms with Gasteiger partial charge in [0.05, 0.1) is 0 Å². The summed E-state index contributed by atoms with van der Waals surface area (Å²) in [6, 6.07) is 0. The summed E-state index contributed by atoms with van der Waals surface area (Å²) in [6.07, 6.45) is 4.40. The van der Waals surface area contributed by atoms with Gasteiger partial charge in [-0.2, -0.15) is 14.0 Å². The molecule has 0 unspecified atom stereocenters. The summed E-state index contributed by atoms with van der Waals surface area (Å²) in [4.78, 5) is 2.36. The second-order valence-corrected chi connectivity index (χ2v) is 6.34. The third kappa shape index (κ3) is 24.0. The van der Waals surface area contributed by atoms with Gasteiger partial charge in [-0.25, -0.2) is 0 Å². The normalized spacial score (nSPS) is 10.5. The van der Waals surface area contributed by atoms with Gasteiger partial charge in [0.1, 0.15) is 0 Å². The van der Waals surface area contributed by atoms with Gasteiger partial charge in [0.15, 0.2) is 0 Å². The first-order valence-corrected chi connectivity index (χ1v) is 10.2. The van der Waals surface area contributed by atoms with Crippen LogP contribution in [0, 0.1) is 6.42 Å². The molecule has 0 saturated heterocycles. The average molecular weight is 367 g/mol. The predicted octanol–water partition coefficient (Wildman–Crippen LogP) is 3.27. The first kappa shape index (κ1) is 23.2. The van der Waals surface area contributed by atoms with Crippen LogP contribution in [0.25, 0.3) is 10.6 Å². The van der Waals surface area contributed by atoms with E-state index in [0.29, 0.717) is 0 Å². The van der Waals surface area contributed by atoms with Crippen molar-refractivity contribution in [3.63, 3.8) is 0 Å². The molecule has 0 aliphatic rings. The number of hydrogen-bond acceptors (Lipinski definition) is 2. The van der Waals surface area contributed by atoms with Crippen molar-refractivity contribution in [3.8, 4) is 0 Å². The van der Waals surface area contributed by atoms with E-state index in [-0.39, 0.29) is 13.1 Å². The molecule has 0 aliphatic carbocycles. The number of likely N-dealkylation sites (N-methyl/N-ethyl adjacent to an activating group) is 1. The number of rotatable bonds is 13. The molecule has 0 heterocycles. The van der Waals surface area contributed by atoms with Crippen LogP contribution >= 0.6 is 20.2 Å². The monoisotopic (exact) mass is 366 g/mol. The molecule has 0 aromatic heterocycles. The number of nitrogens with zero attached hydrogens (tertiary/aromatic N) is 3. The van der Waals surface area contributed by atoms with Crippen LogP contribution in [0.2, 0.25) is 0 Å². The molecule has 0 aromatic rings. The second-order valence-electron chi connectivity index (χ2n) is 4.39. The van der Waals surface area contributed by atoms with Gasteiger partial charge in [-0.05, 0) is 20.1 Å².